The van der Waals surface area contributed by atoms with Crippen molar-refractivity contribution in [2.45, 2.75) is 57.7 Å². The number of amides is 4. The van der Waals surface area contributed by atoms with Gasteiger partial charge in [0.15, 0.2) is 0 Å². The summed E-state index contributed by atoms with van der Waals surface area (Å²) in [5.41, 5.74) is 11.6. The third-order valence-corrected chi connectivity index (χ3v) is 4.86. The number of imidazole rings is 1. The fraction of sp³-hybridized carbons (Fsp3) is 0.579. The average Bonchev–Trinajstić information content (AvgIpc) is 3.24. The summed E-state index contributed by atoms with van der Waals surface area (Å²) < 4.78 is 0. The molecule has 0 aliphatic heterocycles. The number of H-pyrrole nitrogens is 1. The Kier molecular flexibility index (Phi) is 10.8. The molecule has 178 valence electrons. The molecule has 0 radical (unpaired) electrons. The fourth-order valence-electron chi connectivity index (χ4n) is 2.75. The van der Waals surface area contributed by atoms with E-state index >= 15 is 0 Å². The maximum Gasteiger partial charge on any atom is 0.326 e. The summed E-state index contributed by atoms with van der Waals surface area (Å²) in [5.74, 6) is -4.20. The van der Waals surface area contributed by atoms with Gasteiger partial charge in [-0.2, -0.15) is 0 Å². The van der Waals surface area contributed by atoms with Gasteiger partial charge in [0.2, 0.25) is 23.6 Å². The number of rotatable bonds is 14. The van der Waals surface area contributed by atoms with E-state index in [2.05, 4.69) is 25.9 Å². The number of nitrogens with one attached hydrogen (secondary N) is 4. The second kappa shape index (κ2) is 13.0. The van der Waals surface area contributed by atoms with Gasteiger partial charge < -0.3 is 37.5 Å². The van der Waals surface area contributed by atoms with Gasteiger partial charge in [-0.25, -0.2) is 9.78 Å². The molecule has 9 N–H and O–H groups in total. The Labute approximate surface area is 185 Å². The van der Waals surface area contributed by atoms with Crippen LogP contribution in [0.15, 0.2) is 12.5 Å². The van der Waals surface area contributed by atoms with E-state index in [1.165, 1.54) is 6.33 Å². The van der Waals surface area contributed by atoms with Crippen molar-refractivity contribution in [3.63, 3.8) is 0 Å². The Morgan fingerprint density at radius 1 is 1.19 bits per heavy atom. The highest BCUT2D eigenvalue weighted by Gasteiger charge is 2.29. The molecule has 1 heterocycles. The SMILES string of the molecule is CCC(C)C(NC(=O)C(N)Cc1cnc[nH]1)C(=O)NCC(=O)NC(CCC(N)=O)C(=O)O. The quantitative estimate of drug-likeness (QED) is 0.163. The number of hydrogen-bond acceptors (Lipinski definition) is 7. The van der Waals surface area contributed by atoms with Crippen LogP contribution >= 0.6 is 0 Å². The molecule has 1 aromatic heterocycles. The number of primary amides is 1. The van der Waals surface area contributed by atoms with Gasteiger partial charge in [0.05, 0.1) is 18.9 Å². The van der Waals surface area contributed by atoms with Crippen molar-refractivity contribution in [1.82, 2.24) is 25.9 Å². The number of carbonyl (C=O) groups is 5. The third kappa shape index (κ3) is 9.12. The lowest BCUT2D eigenvalue weighted by Gasteiger charge is -2.25. The minimum atomic E-state index is -1.33. The summed E-state index contributed by atoms with van der Waals surface area (Å²) in [6.45, 7) is 3.09. The van der Waals surface area contributed by atoms with E-state index in [0.29, 0.717) is 12.1 Å². The van der Waals surface area contributed by atoms with Gasteiger partial charge in [-0.1, -0.05) is 20.3 Å². The summed E-state index contributed by atoms with van der Waals surface area (Å²) >= 11 is 0. The Balaban J connectivity index is 2.65. The molecule has 4 atom stereocenters. The van der Waals surface area contributed by atoms with Gasteiger partial charge in [-0.15, -0.1) is 0 Å². The van der Waals surface area contributed by atoms with Crippen LogP contribution in [0, 0.1) is 5.92 Å². The van der Waals surface area contributed by atoms with Crippen LogP contribution in [0.5, 0.6) is 0 Å². The zero-order chi connectivity index (χ0) is 24.3. The van der Waals surface area contributed by atoms with E-state index in [-0.39, 0.29) is 25.2 Å². The van der Waals surface area contributed by atoms with Gasteiger partial charge >= 0.3 is 5.97 Å². The van der Waals surface area contributed by atoms with Crippen LogP contribution in [-0.2, 0) is 30.4 Å². The summed E-state index contributed by atoms with van der Waals surface area (Å²) in [6.07, 6.45) is 3.37. The monoisotopic (exact) mass is 453 g/mol. The van der Waals surface area contributed by atoms with Crippen LogP contribution < -0.4 is 27.4 Å². The minimum Gasteiger partial charge on any atom is -0.480 e. The summed E-state index contributed by atoms with van der Waals surface area (Å²) in [6, 6.07) is -3.18. The first-order valence-corrected chi connectivity index (χ1v) is 10.2. The topological polar surface area (TPSA) is 222 Å². The standard InChI is InChI=1S/C19H31N7O6/c1-3-10(2)16(26-17(29)12(20)6-11-7-22-9-24-11)18(30)23-8-15(28)25-13(19(31)32)4-5-14(21)27/h7,9-10,12-13,16H,3-6,8,20H2,1-2H3,(H2,21,27)(H,22,24)(H,23,30)(H,25,28)(H,26,29)(H,31,32). The second-order valence-electron chi connectivity index (χ2n) is 7.44. The lowest BCUT2D eigenvalue weighted by Crippen LogP contribution is -2.56. The summed E-state index contributed by atoms with van der Waals surface area (Å²) in [4.78, 5) is 65.9. The van der Waals surface area contributed by atoms with Crippen molar-refractivity contribution < 1.29 is 29.1 Å². The van der Waals surface area contributed by atoms with Crippen LogP contribution in [-0.4, -0.2) is 69.3 Å². The van der Waals surface area contributed by atoms with Crippen molar-refractivity contribution in [3.05, 3.63) is 18.2 Å². The number of carboxylic acid groups (broad SMARTS) is 1. The highest BCUT2D eigenvalue weighted by molar-refractivity contribution is 5.92. The number of carboxylic acids is 1. The molecule has 0 bridgehead atoms. The normalized spacial score (nSPS) is 14.5. The number of nitrogens with two attached hydrogens (primary N) is 2. The van der Waals surface area contributed by atoms with Crippen LogP contribution in [0.3, 0.4) is 0 Å². The smallest absolute Gasteiger partial charge is 0.326 e. The number of nitrogens with zero attached hydrogens (tertiary/aromatic N) is 1. The van der Waals surface area contributed by atoms with Crippen LogP contribution in [0.4, 0.5) is 0 Å². The van der Waals surface area contributed by atoms with Gasteiger partial charge in [0, 0.05) is 24.7 Å². The Morgan fingerprint density at radius 3 is 2.41 bits per heavy atom. The molecule has 0 aliphatic rings. The predicted molar refractivity (Wildman–Crippen MR) is 113 cm³/mol. The molecule has 1 aromatic rings. The molecule has 0 saturated carbocycles. The fourth-order valence-corrected chi connectivity index (χ4v) is 2.75. The zero-order valence-corrected chi connectivity index (χ0v) is 18.1. The molecule has 1 rings (SSSR count). The lowest BCUT2D eigenvalue weighted by molar-refractivity contribution is -0.142. The number of aromatic amines is 1. The van der Waals surface area contributed by atoms with E-state index in [1.807, 2.05) is 6.92 Å². The molecule has 0 spiro atoms. The largest absolute Gasteiger partial charge is 0.480 e. The van der Waals surface area contributed by atoms with E-state index < -0.39 is 54.3 Å². The maximum absolute atomic E-state index is 12.6. The molecule has 32 heavy (non-hydrogen) atoms. The first kappa shape index (κ1) is 26.6. The number of aliphatic carboxylic acids is 1. The third-order valence-electron chi connectivity index (χ3n) is 4.86. The molecular formula is C19H31N7O6. The van der Waals surface area contributed by atoms with E-state index in [0.717, 1.165) is 0 Å². The van der Waals surface area contributed by atoms with Gasteiger partial charge in [-0.3, -0.25) is 19.2 Å². The van der Waals surface area contributed by atoms with Crippen LogP contribution in [0.2, 0.25) is 0 Å². The Hall–Kier alpha value is -3.48. The highest BCUT2D eigenvalue weighted by Crippen LogP contribution is 2.09. The molecule has 0 aromatic carbocycles. The second-order valence-corrected chi connectivity index (χ2v) is 7.44. The van der Waals surface area contributed by atoms with Crippen molar-refractivity contribution in [1.29, 1.82) is 0 Å². The van der Waals surface area contributed by atoms with Crippen LogP contribution in [0.1, 0.15) is 38.8 Å². The minimum absolute atomic E-state index is 0.176. The molecular weight excluding hydrogens is 422 g/mol. The first-order chi connectivity index (χ1) is 15.0. The van der Waals surface area contributed by atoms with Crippen molar-refractivity contribution in [2.75, 3.05) is 6.54 Å². The molecule has 4 amide bonds. The summed E-state index contributed by atoms with van der Waals surface area (Å²) in [7, 11) is 0. The molecule has 0 fully saturated rings. The van der Waals surface area contributed by atoms with Crippen molar-refractivity contribution in [3.8, 4) is 0 Å². The van der Waals surface area contributed by atoms with E-state index in [1.54, 1.807) is 13.1 Å². The lowest BCUT2D eigenvalue weighted by atomic mass is 9.97. The Morgan fingerprint density at radius 2 is 1.88 bits per heavy atom. The van der Waals surface area contributed by atoms with Crippen molar-refractivity contribution in [2.24, 2.45) is 17.4 Å². The first-order valence-electron chi connectivity index (χ1n) is 10.2. The average molecular weight is 454 g/mol. The van der Waals surface area contributed by atoms with Crippen LogP contribution in [0.25, 0.3) is 0 Å². The van der Waals surface area contributed by atoms with Gasteiger partial charge in [-0.05, 0) is 12.3 Å². The number of hydrogen-bond donors (Lipinski definition) is 7. The van der Waals surface area contributed by atoms with Crippen molar-refractivity contribution >= 4 is 29.6 Å². The predicted octanol–water partition coefficient (Wildman–Crippen LogP) is -2.24. The highest BCUT2D eigenvalue weighted by atomic mass is 16.4. The van der Waals surface area contributed by atoms with E-state index in [4.69, 9.17) is 16.6 Å². The summed E-state index contributed by atoms with van der Waals surface area (Å²) in [5, 5.41) is 16.3. The maximum atomic E-state index is 12.6. The van der Waals surface area contributed by atoms with E-state index in [9.17, 15) is 24.0 Å². The zero-order valence-electron chi connectivity index (χ0n) is 18.1. The van der Waals surface area contributed by atoms with Gasteiger partial charge in [0.25, 0.3) is 0 Å². The molecule has 13 heteroatoms. The molecule has 0 saturated heterocycles. The molecule has 4 unspecified atom stereocenters. The number of carbonyl (C=O) groups excluding carboxylic acids is 4. The molecule has 13 nitrogen and oxygen atoms in total. The van der Waals surface area contributed by atoms with Gasteiger partial charge in [0.1, 0.15) is 12.1 Å². The molecule has 0 aliphatic carbocycles. The Bertz CT molecular complexity index is 798. The number of aromatic nitrogens is 2.